The van der Waals surface area contributed by atoms with Crippen LogP contribution in [0.5, 0.6) is 11.6 Å². The third-order valence-electron chi connectivity index (χ3n) is 7.11. The van der Waals surface area contributed by atoms with Crippen molar-refractivity contribution in [2.24, 2.45) is 0 Å². The molecule has 3 aromatic rings. The van der Waals surface area contributed by atoms with Crippen LogP contribution in [0.4, 0.5) is 20.2 Å². The predicted molar refractivity (Wildman–Crippen MR) is 158 cm³/mol. The molecule has 4 rings (SSSR count). The molecular formula is C31H35F2N5O5. The van der Waals surface area contributed by atoms with Crippen LogP contribution in [0.3, 0.4) is 0 Å². The number of methoxy groups -OCH3 is 1. The maximum atomic E-state index is 13.7. The zero-order chi connectivity index (χ0) is 31.0. The standard InChI is InChI=1S/C31H35F2N5O5/c1-31(32,33)30(41)38-26(18-39)28(20-10-13-27(42-2)35-17-20)43-24-11-12-25(21(15-24)16-34)36-23-9-5-6-19(14-23)29(40)37-22-7-3-4-8-22/h5-6,9-17,22,26,28,34,36,39H,3-4,7-8,18H2,1-2H3,(H,37,40)(H,38,41)/t26-,28+/m0/s1. The SMILES string of the molecule is COc1ccc([C@@H](Oc2ccc(Nc3cccc(C(=O)NC4CCCC4)c3)c(C=N)c2)[C@H](CO)NC(=O)C(C)(F)F)cn1. The van der Waals surface area contributed by atoms with E-state index in [2.05, 4.69) is 20.9 Å². The molecule has 0 unspecified atom stereocenters. The van der Waals surface area contributed by atoms with E-state index in [9.17, 15) is 23.5 Å². The molecule has 2 aromatic carbocycles. The van der Waals surface area contributed by atoms with Gasteiger partial charge in [-0.3, -0.25) is 9.59 Å². The van der Waals surface area contributed by atoms with Crippen LogP contribution in [0.2, 0.25) is 0 Å². The lowest BCUT2D eigenvalue weighted by Crippen LogP contribution is -2.49. The Kier molecular flexibility index (Phi) is 10.3. The van der Waals surface area contributed by atoms with Gasteiger partial charge < -0.3 is 35.9 Å². The number of carbonyl (C=O) groups is 2. The molecule has 1 aliphatic carbocycles. The molecule has 0 bridgehead atoms. The number of benzene rings is 2. The van der Waals surface area contributed by atoms with Crippen LogP contribution in [-0.4, -0.2) is 59.8 Å². The number of alkyl halides is 2. The predicted octanol–water partition coefficient (Wildman–Crippen LogP) is 4.76. The molecule has 0 spiro atoms. The maximum absolute atomic E-state index is 13.7. The second-order valence-electron chi connectivity index (χ2n) is 10.4. The number of hydrogen-bond donors (Lipinski definition) is 5. The summed E-state index contributed by atoms with van der Waals surface area (Å²) in [7, 11) is 1.44. The van der Waals surface area contributed by atoms with Gasteiger partial charge in [-0.2, -0.15) is 8.78 Å². The monoisotopic (exact) mass is 595 g/mol. The number of nitrogens with zero attached hydrogens (tertiary/aromatic N) is 1. The summed E-state index contributed by atoms with van der Waals surface area (Å²) in [5.41, 5.74) is 2.51. The third-order valence-corrected chi connectivity index (χ3v) is 7.11. The van der Waals surface area contributed by atoms with E-state index in [4.69, 9.17) is 14.9 Å². The Morgan fingerprint density at radius 3 is 2.56 bits per heavy atom. The topological polar surface area (TPSA) is 146 Å². The lowest BCUT2D eigenvalue weighted by atomic mass is 10.0. The largest absolute Gasteiger partial charge is 0.483 e. The van der Waals surface area contributed by atoms with Gasteiger partial charge in [-0.1, -0.05) is 18.9 Å². The molecule has 0 aliphatic heterocycles. The van der Waals surface area contributed by atoms with Gasteiger partial charge in [0.15, 0.2) is 0 Å². The number of aliphatic hydroxyl groups is 1. The number of hydrogen-bond acceptors (Lipinski definition) is 8. The van der Waals surface area contributed by atoms with Crippen molar-refractivity contribution < 1.29 is 33.0 Å². The average molecular weight is 596 g/mol. The zero-order valence-corrected chi connectivity index (χ0v) is 23.9. The van der Waals surface area contributed by atoms with Crippen LogP contribution in [0.1, 0.15) is 60.2 Å². The molecule has 0 saturated heterocycles. The number of amides is 2. The summed E-state index contributed by atoms with van der Waals surface area (Å²) in [6.45, 7) is -0.248. The quantitative estimate of drug-likeness (QED) is 0.179. The molecule has 1 aliphatic rings. The molecule has 10 nitrogen and oxygen atoms in total. The first-order valence-electron chi connectivity index (χ1n) is 13.9. The fourth-order valence-electron chi connectivity index (χ4n) is 4.80. The van der Waals surface area contributed by atoms with E-state index in [-0.39, 0.29) is 17.7 Å². The first-order valence-corrected chi connectivity index (χ1v) is 13.9. The van der Waals surface area contributed by atoms with Gasteiger partial charge in [0, 0.05) is 59.5 Å². The second kappa shape index (κ2) is 14.1. The second-order valence-corrected chi connectivity index (χ2v) is 10.4. The summed E-state index contributed by atoms with van der Waals surface area (Å²) in [4.78, 5) is 28.9. The van der Waals surface area contributed by atoms with Crippen molar-refractivity contribution in [3.63, 3.8) is 0 Å². The number of nitrogens with one attached hydrogen (secondary N) is 4. The smallest absolute Gasteiger partial charge is 0.321 e. The zero-order valence-electron chi connectivity index (χ0n) is 23.9. The van der Waals surface area contributed by atoms with E-state index in [1.165, 1.54) is 19.4 Å². The summed E-state index contributed by atoms with van der Waals surface area (Å²) < 4.78 is 38.5. The van der Waals surface area contributed by atoms with Crippen LogP contribution in [0.15, 0.2) is 60.8 Å². The van der Waals surface area contributed by atoms with Crippen LogP contribution in [0, 0.1) is 5.41 Å². The van der Waals surface area contributed by atoms with E-state index in [1.807, 2.05) is 0 Å². The summed E-state index contributed by atoms with van der Waals surface area (Å²) in [5, 5.41) is 26.5. The van der Waals surface area contributed by atoms with Crippen molar-refractivity contribution in [2.45, 2.75) is 56.7 Å². The van der Waals surface area contributed by atoms with Crippen LogP contribution >= 0.6 is 0 Å². The lowest BCUT2D eigenvalue weighted by molar-refractivity contribution is -0.145. The molecule has 1 heterocycles. The minimum atomic E-state index is -3.68. The molecule has 1 saturated carbocycles. The van der Waals surface area contributed by atoms with Gasteiger partial charge in [-0.05, 0) is 55.3 Å². The summed E-state index contributed by atoms with van der Waals surface area (Å²) >= 11 is 0. The normalized spacial score (nSPS) is 14.8. The molecule has 2 atom stereocenters. The van der Waals surface area contributed by atoms with E-state index in [0.717, 1.165) is 31.9 Å². The van der Waals surface area contributed by atoms with Gasteiger partial charge in [0.25, 0.3) is 11.8 Å². The molecule has 0 radical (unpaired) electrons. The summed E-state index contributed by atoms with van der Waals surface area (Å²) in [6, 6.07) is 13.9. The molecule has 43 heavy (non-hydrogen) atoms. The summed E-state index contributed by atoms with van der Waals surface area (Å²) in [6.07, 6.45) is 5.56. The Bertz CT molecular complexity index is 1420. The highest BCUT2D eigenvalue weighted by molar-refractivity contribution is 5.96. The number of aromatic nitrogens is 1. The molecule has 5 N–H and O–H groups in total. The first kappa shape index (κ1) is 31.4. The Morgan fingerprint density at radius 2 is 1.93 bits per heavy atom. The minimum Gasteiger partial charge on any atom is -0.483 e. The molecule has 1 aromatic heterocycles. The van der Waals surface area contributed by atoms with Crippen molar-refractivity contribution >= 4 is 29.4 Å². The Hall–Kier alpha value is -4.58. The van der Waals surface area contributed by atoms with Crippen molar-refractivity contribution in [3.05, 3.63) is 77.5 Å². The van der Waals surface area contributed by atoms with E-state index in [0.29, 0.717) is 40.9 Å². The van der Waals surface area contributed by atoms with Gasteiger partial charge >= 0.3 is 5.92 Å². The average Bonchev–Trinajstić information content (AvgIpc) is 3.52. The van der Waals surface area contributed by atoms with Gasteiger partial charge in [0.1, 0.15) is 11.9 Å². The Balaban J connectivity index is 1.56. The van der Waals surface area contributed by atoms with Gasteiger partial charge in [0.2, 0.25) is 5.88 Å². The fourth-order valence-corrected chi connectivity index (χ4v) is 4.80. The number of aliphatic hydroxyl groups excluding tert-OH is 1. The highest BCUT2D eigenvalue weighted by Gasteiger charge is 2.36. The minimum absolute atomic E-state index is 0.142. The lowest BCUT2D eigenvalue weighted by Gasteiger charge is -2.29. The van der Waals surface area contributed by atoms with Crippen LogP contribution < -0.4 is 25.4 Å². The van der Waals surface area contributed by atoms with Gasteiger partial charge in [-0.25, -0.2) is 4.98 Å². The fraction of sp³-hybridized carbons (Fsp3) is 0.355. The number of ether oxygens (including phenoxy) is 2. The number of halogens is 2. The maximum Gasteiger partial charge on any atom is 0.321 e. The Morgan fingerprint density at radius 1 is 1.16 bits per heavy atom. The van der Waals surface area contributed by atoms with E-state index < -0.39 is 30.6 Å². The van der Waals surface area contributed by atoms with E-state index >= 15 is 0 Å². The molecule has 2 amide bonds. The van der Waals surface area contributed by atoms with Crippen LogP contribution in [-0.2, 0) is 4.79 Å². The van der Waals surface area contributed by atoms with Crippen molar-refractivity contribution in [3.8, 4) is 11.6 Å². The molecular weight excluding hydrogens is 560 g/mol. The number of pyridine rings is 1. The number of anilines is 2. The van der Waals surface area contributed by atoms with E-state index in [1.54, 1.807) is 48.5 Å². The van der Waals surface area contributed by atoms with Crippen molar-refractivity contribution in [1.29, 1.82) is 5.41 Å². The van der Waals surface area contributed by atoms with Crippen molar-refractivity contribution in [1.82, 2.24) is 15.6 Å². The Labute approximate surface area is 248 Å². The van der Waals surface area contributed by atoms with Crippen molar-refractivity contribution in [2.75, 3.05) is 19.0 Å². The third kappa shape index (κ3) is 8.25. The van der Waals surface area contributed by atoms with Gasteiger partial charge in [-0.15, -0.1) is 0 Å². The summed E-state index contributed by atoms with van der Waals surface area (Å²) in [5.74, 6) is -4.84. The van der Waals surface area contributed by atoms with Gasteiger partial charge in [0.05, 0.1) is 19.8 Å². The molecule has 1 fully saturated rings. The number of carbonyl (C=O) groups excluding carboxylic acids is 2. The highest BCUT2D eigenvalue weighted by atomic mass is 19.3. The molecule has 12 heteroatoms. The first-order chi connectivity index (χ1) is 20.6. The number of rotatable bonds is 13. The highest BCUT2D eigenvalue weighted by Crippen LogP contribution is 2.30. The van der Waals surface area contributed by atoms with Crippen LogP contribution in [0.25, 0.3) is 0 Å². The molecule has 228 valence electrons.